The molecule has 1 atom stereocenters. The van der Waals surface area contributed by atoms with Crippen molar-refractivity contribution in [3.05, 3.63) is 41.1 Å². The molecule has 1 aromatic rings. The Morgan fingerprint density at radius 1 is 1.30 bits per heavy atom. The number of amides is 2. The Labute approximate surface area is 130 Å². The molecule has 122 valence electrons. The number of hydrogen-bond donors (Lipinski definition) is 2. The van der Waals surface area contributed by atoms with Gasteiger partial charge in [0.05, 0.1) is 18.6 Å². The Kier molecular flexibility index (Phi) is 4.73. The molecule has 2 amide bonds. The Morgan fingerprint density at radius 2 is 2.00 bits per heavy atom. The van der Waals surface area contributed by atoms with Crippen molar-refractivity contribution >= 4 is 23.5 Å². The largest absolute Gasteiger partial charge is 0.466 e. The molecule has 6 nitrogen and oxygen atoms in total. The zero-order valence-electron chi connectivity index (χ0n) is 12.4. The van der Waals surface area contributed by atoms with Gasteiger partial charge >= 0.3 is 5.97 Å². The van der Waals surface area contributed by atoms with Crippen LogP contribution in [-0.4, -0.2) is 24.9 Å². The summed E-state index contributed by atoms with van der Waals surface area (Å²) in [5.74, 6) is -5.11. The molecule has 0 spiro atoms. The normalized spacial score (nSPS) is 17.6. The number of benzene rings is 1. The second-order valence-corrected chi connectivity index (χ2v) is 4.95. The predicted molar refractivity (Wildman–Crippen MR) is 76.0 cm³/mol. The highest BCUT2D eigenvalue weighted by Gasteiger charge is 2.36. The molecule has 2 N–H and O–H groups in total. The van der Waals surface area contributed by atoms with Crippen molar-refractivity contribution in [1.82, 2.24) is 5.32 Å². The summed E-state index contributed by atoms with van der Waals surface area (Å²) in [6.45, 7) is 1.47. The fraction of sp³-hybridized carbons (Fsp3) is 0.267. The van der Waals surface area contributed by atoms with Gasteiger partial charge in [-0.1, -0.05) is 0 Å². The van der Waals surface area contributed by atoms with E-state index >= 15 is 0 Å². The summed E-state index contributed by atoms with van der Waals surface area (Å²) < 4.78 is 30.7. The number of ether oxygens (including phenoxy) is 1. The van der Waals surface area contributed by atoms with Crippen molar-refractivity contribution in [3.8, 4) is 0 Å². The van der Waals surface area contributed by atoms with Crippen LogP contribution in [-0.2, 0) is 19.1 Å². The van der Waals surface area contributed by atoms with Crippen LogP contribution in [0.1, 0.15) is 13.3 Å². The minimum Gasteiger partial charge on any atom is -0.466 e. The van der Waals surface area contributed by atoms with E-state index in [0.717, 1.165) is 19.2 Å². The second-order valence-electron chi connectivity index (χ2n) is 4.95. The lowest BCUT2D eigenvalue weighted by Crippen LogP contribution is -2.40. The van der Waals surface area contributed by atoms with Gasteiger partial charge in [-0.15, -0.1) is 0 Å². The van der Waals surface area contributed by atoms with E-state index in [1.807, 2.05) is 0 Å². The number of methoxy groups -OCH3 is 1. The highest BCUT2D eigenvalue weighted by Crippen LogP contribution is 2.26. The van der Waals surface area contributed by atoms with E-state index < -0.39 is 35.3 Å². The first-order valence-corrected chi connectivity index (χ1v) is 6.68. The minimum atomic E-state index is -1.12. The number of carbonyl (C=O) groups is 3. The second kappa shape index (κ2) is 6.55. The summed E-state index contributed by atoms with van der Waals surface area (Å²) in [5.41, 5.74) is 0.257. The number of rotatable bonds is 3. The zero-order valence-corrected chi connectivity index (χ0v) is 12.4. The van der Waals surface area contributed by atoms with E-state index in [1.165, 1.54) is 13.0 Å². The third kappa shape index (κ3) is 3.53. The Hall–Kier alpha value is -2.77. The number of carbonyl (C=O) groups excluding carboxylic acids is 3. The lowest BCUT2D eigenvalue weighted by atomic mass is 9.89. The summed E-state index contributed by atoms with van der Waals surface area (Å²) in [6.07, 6.45) is -0.253. The summed E-state index contributed by atoms with van der Waals surface area (Å²) in [7, 11) is 1.16. The quantitative estimate of drug-likeness (QED) is 0.825. The minimum absolute atomic E-state index is 0.0155. The molecule has 1 aliphatic heterocycles. The van der Waals surface area contributed by atoms with Gasteiger partial charge in [-0.05, 0) is 19.1 Å². The molecule has 0 aromatic heterocycles. The molecule has 0 saturated heterocycles. The van der Waals surface area contributed by atoms with Gasteiger partial charge in [0.1, 0.15) is 0 Å². The van der Waals surface area contributed by atoms with E-state index in [-0.39, 0.29) is 23.4 Å². The van der Waals surface area contributed by atoms with Gasteiger partial charge in [0, 0.05) is 23.9 Å². The summed E-state index contributed by atoms with van der Waals surface area (Å²) >= 11 is 0. The molecule has 1 heterocycles. The van der Waals surface area contributed by atoms with Crippen molar-refractivity contribution in [2.75, 3.05) is 12.4 Å². The van der Waals surface area contributed by atoms with Crippen molar-refractivity contribution in [2.45, 2.75) is 13.3 Å². The zero-order chi connectivity index (χ0) is 17.1. The number of esters is 1. The topological polar surface area (TPSA) is 84.5 Å². The maximum Gasteiger partial charge on any atom is 0.336 e. The van der Waals surface area contributed by atoms with E-state index in [0.29, 0.717) is 0 Å². The summed E-state index contributed by atoms with van der Waals surface area (Å²) in [4.78, 5) is 35.8. The van der Waals surface area contributed by atoms with E-state index in [9.17, 15) is 23.2 Å². The third-order valence-corrected chi connectivity index (χ3v) is 3.38. The number of anilines is 1. The number of nitrogens with one attached hydrogen (secondary N) is 2. The third-order valence-electron chi connectivity index (χ3n) is 3.38. The van der Waals surface area contributed by atoms with Crippen LogP contribution in [0.25, 0.3) is 0 Å². The first kappa shape index (κ1) is 16.6. The Balaban J connectivity index is 2.28. The molecule has 8 heteroatoms. The van der Waals surface area contributed by atoms with Crippen molar-refractivity contribution in [1.29, 1.82) is 0 Å². The van der Waals surface area contributed by atoms with Crippen molar-refractivity contribution in [2.24, 2.45) is 5.92 Å². The molecular weight excluding hydrogens is 310 g/mol. The fourth-order valence-electron chi connectivity index (χ4n) is 2.31. The monoisotopic (exact) mass is 324 g/mol. The number of halogens is 2. The summed E-state index contributed by atoms with van der Waals surface area (Å²) in [5, 5.41) is 4.82. The van der Waals surface area contributed by atoms with Crippen LogP contribution in [0.4, 0.5) is 14.5 Å². The molecule has 1 aromatic carbocycles. The van der Waals surface area contributed by atoms with Gasteiger partial charge in [-0.25, -0.2) is 13.6 Å². The lowest BCUT2D eigenvalue weighted by molar-refractivity contribution is -0.139. The highest BCUT2D eigenvalue weighted by molar-refractivity contribution is 6.06. The van der Waals surface area contributed by atoms with Crippen LogP contribution in [0.5, 0.6) is 0 Å². The van der Waals surface area contributed by atoms with Gasteiger partial charge in [-0.2, -0.15) is 0 Å². The fourth-order valence-corrected chi connectivity index (χ4v) is 2.31. The maximum absolute atomic E-state index is 13.2. The molecule has 0 aliphatic carbocycles. The first-order chi connectivity index (χ1) is 10.8. The van der Waals surface area contributed by atoms with Gasteiger partial charge < -0.3 is 15.4 Å². The van der Waals surface area contributed by atoms with Crippen molar-refractivity contribution in [3.63, 3.8) is 0 Å². The van der Waals surface area contributed by atoms with Crippen LogP contribution in [0.2, 0.25) is 0 Å². The molecule has 0 saturated carbocycles. The molecule has 23 heavy (non-hydrogen) atoms. The average molecular weight is 324 g/mol. The van der Waals surface area contributed by atoms with Gasteiger partial charge in [-0.3, -0.25) is 9.59 Å². The van der Waals surface area contributed by atoms with Crippen LogP contribution in [0.3, 0.4) is 0 Å². The SMILES string of the molecule is COC(=O)C1=C(C)NC(=O)C[C@H]1C(=O)Nc1ccc(F)c(F)c1. The Morgan fingerprint density at radius 3 is 2.61 bits per heavy atom. The molecule has 0 unspecified atom stereocenters. The molecule has 0 radical (unpaired) electrons. The van der Waals surface area contributed by atoms with E-state index in [2.05, 4.69) is 15.4 Å². The van der Waals surface area contributed by atoms with Gasteiger partial charge in [0.15, 0.2) is 11.6 Å². The van der Waals surface area contributed by atoms with Crippen LogP contribution in [0, 0.1) is 17.6 Å². The van der Waals surface area contributed by atoms with Crippen LogP contribution >= 0.6 is 0 Å². The smallest absolute Gasteiger partial charge is 0.336 e. The van der Waals surface area contributed by atoms with Crippen molar-refractivity contribution < 1.29 is 27.9 Å². The standard InChI is InChI=1S/C15H14F2N2O4/c1-7-13(15(22)23-2)9(6-12(20)18-7)14(21)19-8-3-4-10(16)11(17)5-8/h3-5,9H,6H2,1-2H3,(H,18,20)(H,19,21)/t9-/m1/s1. The highest BCUT2D eigenvalue weighted by atomic mass is 19.2. The molecule has 2 rings (SSSR count). The average Bonchev–Trinajstić information content (AvgIpc) is 2.49. The summed E-state index contributed by atoms with van der Waals surface area (Å²) in [6, 6.07) is 2.85. The number of allylic oxidation sites excluding steroid dienone is 1. The van der Waals surface area contributed by atoms with Gasteiger partial charge in [0.25, 0.3) is 0 Å². The molecular formula is C15H14F2N2O4. The van der Waals surface area contributed by atoms with E-state index in [4.69, 9.17) is 0 Å². The van der Waals surface area contributed by atoms with E-state index in [1.54, 1.807) is 0 Å². The Bertz CT molecular complexity index is 715. The predicted octanol–water partition coefficient (Wildman–Crippen LogP) is 1.49. The molecule has 0 bridgehead atoms. The molecule has 1 aliphatic rings. The molecule has 0 fully saturated rings. The number of hydrogen-bond acceptors (Lipinski definition) is 4. The van der Waals surface area contributed by atoms with Crippen LogP contribution < -0.4 is 10.6 Å². The van der Waals surface area contributed by atoms with Crippen LogP contribution in [0.15, 0.2) is 29.5 Å². The van der Waals surface area contributed by atoms with Gasteiger partial charge in [0.2, 0.25) is 11.8 Å². The maximum atomic E-state index is 13.2. The lowest BCUT2D eigenvalue weighted by Gasteiger charge is -2.25. The first-order valence-electron chi connectivity index (χ1n) is 6.68.